The summed E-state index contributed by atoms with van der Waals surface area (Å²) in [5.74, 6) is 0.478. The Labute approximate surface area is 156 Å². The van der Waals surface area contributed by atoms with Gasteiger partial charge >= 0.3 is 0 Å². The van der Waals surface area contributed by atoms with E-state index in [4.69, 9.17) is 0 Å². The zero-order valence-electron chi connectivity index (χ0n) is 14.7. The van der Waals surface area contributed by atoms with Gasteiger partial charge in [0, 0.05) is 18.5 Å². The smallest absolute Gasteiger partial charge is 0.191 e. The summed E-state index contributed by atoms with van der Waals surface area (Å²) in [5, 5.41) is 8.98. The molecule has 0 fully saturated rings. The molecule has 6 heteroatoms. The van der Waals surface area contributed by atoms with Gasteiger partial charge in [-0.2, -0.15) is 0 Å². The van der Waals surface area contributed by atoms with Gasteiger partial charge in [0.05, 0.1) is 5.25 Å². The summed E-state index contributed by atoms with van der Waals surface area (Å²) in [6, 6.07) is 15.7. The molecule has 2 aromatic carbocycles. The van der Waals surface area contributed by atoms with Crippen molar-refractivity contribution in [1.29, 1.82) is 0 Å². The van der Waals surface area contributed by atoms with Crippen LogP contribution in [0.4, 0.5) is 4.39 Å². The van der Waals surface area contributed by atoms with Gasteiger partial charge in [-0.25, -0.2) is 4.39 Å². The van der Waals surface area contributed by atoms with Crippen molar-refractivity contribution in [3.63, 3.8) is 0 Å². The lowest BCUT2D eigenvalue weighted by molar-refractivity contribution is 0.0994. The average Bonchev–Trinajstić information content (AvgIpc) is 3.03. The molecule has 0 radical (unpaired) electrons. The number of aromatic nitrogens is 3. The molecule has 1 aromatic heterocycles. The second-order valence-electron chi connectivity index (χ2n) is 5.94. The monoisotopic (exact) mass is 369 g/mol. The van der Waals surface area contributed by atoms with Crippen molar-refractivity contribution >= 4 is 17.5 Å². The first kappa shape index (κ1) is 18.3. The van der Waals surface area contributed by atoms with Gasteiger partial charge in [0.1, 0.15) is 11.6 Å². The summed E-state index contributed by atoms with van der Waals surface area (Å²) >= 11 is 1.38. The average molecular weight is 369 g/mol. The normalized spacial score (nSPS) is 12.1. The number of ketones is 1. The largest absolute Gasteiger partial charge is 0.306 e. The van der Waals surface area contributed by atoms with Gasteiger partial charge in [-0.15, -0.1) is 10.2 Å². The van der Waals surface area contributed by atoms with Crippen molar-refractivity contribution in [3.8, 4) is 0 Å². The Hall–Kier alpha value is -2.47. The lowest BCUT2D eigenvalue weighted by Crippen LogP contribution is -2.15. The summed E-state index contributed by atoms with van der Waals surface area (Å²) in [5.41, 5.74) is 1.67. The molecule has 0 saturated heterocycles. The first-order valence-corrected chi connectivity index (χ1v) is 9.39. The maximum Gasteiger partial charge on any atom is 0.191 e. The van der Waals surface area contributed by atoms with Crippen LogP contribution >= 0.6 is 11.8 Å². The standard InChI is InChI=1S/C20H20FN3OS/c1-3-24-18(13-15-7-5-4-6-8-15)22-23-20(24)26-14(2)19(25)16-9-11-17(21)12-10-16/h4-12,14H,3,13H2,1-2H3. The van der Waals surface area contributed by atoms with Crippen LogP contribution in [-0.4, -0.2) is 25.8 Å². The minimum absolute atomic E-state index is 0.0507. The molecule has 3 rings (SSSR count). The number of rotatable bonds is 7. The van der Waals surface area contributed by atoms with Gasteiger partial charge in [-0.05, 0) is 43.7 Å². The van der Waals surface area contributed by atoms with Crippen molar-refractivity contribution < 1.29 is 9.18 Å². The van der Waals surface area contributed by atoms with Crippen molar-refractivity contribution in [3.05, 3.63) is 77.4 Å². The van der Waals surface area contributed by atoms with Gasteiger partial charge in [-0.3, -0.25) is 4.79 Å². The van der Waals surface area contributed by atoms with E-state index in [-0.39, 0.29) is 16.9 Å². The molecule has 3 aromatic rings. The number of carbonyl (C=O) groups is 1. The third-order valence-electron chi connectivity index (χ3n) is 4.09. The van der Waals surface area contributed by atoms with Crippen LogP contribution < -0.4 is 0 Å². The molecule has 0 spiro atoms. The van der Waals surface area contributed by atoms with Gasteiger partial charge in [0.25, 0.3) is 0 Å². The highest BCUT2D eigenvalue weighted by molar-refractivity contribution is 8.00. The third-order valence-corrected chi connectivity index (χ3v) is 5.18. The minimum atomic E-state index is -0.349. The number of hydrogen-bond acceptors (Lipinski definition) is 4. The number of carbonyl (C=O) groups excluding carboxylic acids is 1. The van der Waals surface area contributed by atoms with Crippen molar-refractivity contribution in [2.75, 3.05) is 0 Å². The van der Waals surface area contributed by atoms with E-state index in [1.54, 1.807) is 0 Å². The molecule has 134 valence electrons. The molecular formula is C20H20FN3OS. The van der Waals surface area contributed by atoms with Crippen molar-refractivity contribution in [2.45, 2.75) is 37.2 Å². The number of Topliss-reactive ketones (excluding diaryl/α,β-unsaturated/α-hetero) is 1. The Kier molecular flexibility index (Phi) is 5.83. The Morgan fingerprint density at radius 3 is 2.46 bits per heavy atom. The highest BCUT2D eigenvalue weighted by atomic mass is 32.2. The molecule has 26 heavy (non-hydrogen) atoms. The predicted molar refractivity (Wildman–Crippen MR) is 101 cm³/mol. The van der Waals surface area contributed by atoms with Crippen molar-refractivity contribution in [2.24, 2.45) is 0 Å². The fourth-order valence-electron chi connectivity index (χ4n) is 2.69. The lowest BCUT2D eigenvalue weighted by Gasteiger charge is -2.11. The van der Waals surface area contributed by atoms with Crippen LogP contribution in [0.2, 0.25) is 0 Å². The van der Waals surface area contributed by atoms with Crippen LogP contribution in [0.15, 0.2) is 59.8 Å². The van der Waals surface area contributed by atoms with Gasteiger partial charge in [0.15, 0.2) is 10.9 Å². The Morgan fingerprint density at radius 2 is 1.81 bits per heavy atom. The van der Waals surface area contributed by atoms with Gasteiger partial charge in [-0.1, -0.05) is 42.1 Å². The SMILES string of the molecule is CCn1c(Cc2ccccc2)nnc1SC(C)C(=O)c1ccc(F)cc1. The highest BCUT2D eigenvalue weighted by Crippen LogP contribution is 2.25. The summed E-state index contributed by atoms with van der Waals surface area (Å²) < 4.78 is 15.1. The topological polar surface area (TPSA) is 47.8 Å². The molecule has 0 bridgehead atoms. The minimum Gasteiger partial charge on any atom is -0.306 e. The second-order valence-corrected chi connectivity index (χ2v) is 7.24. The second kappa shape index (κ2) is 8.27. The first-order chi connectivity index (χ1) is 12.6. The van der Waals surface area contributed by atoms with Crippen LogP contribution in [0.1, 0.15) is 35.6 Å². The van der Waals surface area contributed by atoms with Crippen LogP contribution in [-0.2, 0) is 13.0 Å². The molecule has 0 amide bonds. The Morgan fingerprint density at radius 1 is 1.12 bits per heavy atom. The fourth-order valence-corrected chi connectivity index (χ4v) is 3.70. The van der Waals surface area contributed by atoms with Gasteiger partial charge in [0.2, 0.25) is 0 Å². The van der Waals surface area contributed by atoms with Crippen molar-refractivity contribution in [1.82, 2.24) is 14.8 Å². The maximum absolute atomic E-state index is 13.0. The van der Waals surface area contributed by atoms with Crippen LogP contribution in [0.25, 0.3) is 0 Å². The molecule has 0 aliphatic heterocycles. The summed E-state index contributed by atoms with van der Waals surface area (Å²) in [4.78, 5) is 12.6. The van der Waals surface area contributed by atoms with E-state index < -0.39 is 0 Å². The van der Waals surface area contributed by atoms with E-state index in [0.717, 1.165) is 17.5 Å². The summed E-state index contributed by atoms with van der Waals surface area (Å²) in [6.07, 6.45) is 0.697. The number of thioether (sulfide) groups is 1. The number of benzene rings is 2. The Balaban J connectivity index is 1.75. The van der Waals surface area contributed by atoms with E-state index >= 15 is 0 Å². The summed E-state index contributed by atoms with van der Waals surface area (Å²) in [7, 11) is 0. The third kappa shape index (κ3) is 4.19. The maximum atomic E-state index is 13.0. The molecule has 0 aliphatic rings. The van der Waals surface area contributed by atoms with Crippen LogP contribution in [0, 0.1) is 5.82 Å². The number of nitrogens with zero attached hydrogens (tertiary/aromatic N) is 3. The van der Waals surface area contributed by atoms with E-state index in [0.29, 0.717) is 12.0 Å². The van der Waals surface area contributed by atoms with E-state index in [9.17, 15) is 9.18 Å². The highest BCUT2D eigenvalue weighted by Gasteiger charge is 2.21. The quantitative estimate of drug-likeness (QED) is 0.458. The van der Waals surface area contributed by atoms with Crippen LogP contribution in [0.5, 0.6) is 0 Å². The zero-order chi connectivity index (χ0) is 18.5. The van der Waals surface area contributed by atoms with Gasteiger partial charge < -0.3 is 4.57 Å². The molecule has 1 atom stereocenters. The molecule has 0 saturated carbocycles. The molecule has 1 heterocycles. The summed E-state index contributed by atoms with van der Waals surface area (Å²) in [6.45, 7) is 4.60. The van der Waals surface area contributed by atoms with Crippen LogP contribution in [0.3, 0.4) is 0 Å². The zero-order valence-corrected chi connectivity index (χ0v) is 15.5. The number of hydrogen-bond donors (Lipinski definition) is 0. The Bertz CT molecular complexity index is 878. The molecule has 0 aliphatic carbocycles. The molecule has 1 unspecified atom stereocenters. The molecular weight excluding hydrogens is 349 g/mol. The lowest BCUT2D eigenvalue weighted by atomic mass is 10.1. The first-order valence-electron chi connectivity index (χ1n) is 8.51. The van der Waals surface area contributed by atoms with E-state index in [2.05, 4.69) is 22.3 Å². The molecule has 4 nitrogen and oxygen atoms in total. The van der Waals surface area contributed by atoms with E-state index in [1.165, 1.54) is 41.6 Å². The number of halogens is 1. The molecule has 0 N–H and O–H groups in total. The fraction of sp³-hybridized carbons (Fsp3) is 0.250. The predicted octanol–water partition coefficient (Wildman–Crippen LogP) is 4.39. The van der Waals surface area contributed by atoms with E-state index in [1.807, 2.05) is 36.6 Å².